The Morgan fingerprint density at radius 2 is 1.65 bits per heavy atom. The van der Waals surface area contributed by atoms with Crippen LogP contribution in [0.2, 0.25) is 0 Å². The first kappa shape index (κ1) is 16.2. The molecule has 4 N–H and O–H groups in total. The smallest absolute Gasteiger partial charge is 0.333 e. The number of nitrogens with two attached hydrogens (primary N) is 1. The van der Waals surface area contributed by atoms with Crippen LogP contribution >= 0.6 is 0 Å². The van der Waals surface area contributed by atoms with Gasteiger partial charge in [0.15, 0.2) is 5.54 Å². The van der Waals surface area contributed by atoms with E-state index in [9.17, 15) is 14.7 Å². The standard InChI is InChI=1S/C15H22N2O3/c1-14(2,3)11(16)12(18)17-15(4,13(19)20)10-8-6-5-7-9-10/h5-9,11H,16H2,1-4H3,(H,17,18)(H,19,20)/t11-,15?/m0/s1. The van der Waals surface area contributed by atoms with Gasteiger partial charge < -0.3 is 16.2 Å². The topological polar surface area (TPSA) is 92.4 Å². The highest BCUT2D eigenvalue weighted by atomic mass is 16.4. The molecule has 1 aromatic carbocycles. The highest BCUT2D eigenvalue weighted by Crippen LogP contribution is 2.23. The van der Waals surface area contributed by atoms with E-state index < -0.39 is 28.9 Å². The summed E-state index contributed by atoms with van der Waals surface area (Å²) in [6.07, 6.45) is 0. The van der Waals surface area contributed by atoms with Crippen molar-refractivity contribution < 1.29 is 14.7 Å². The second-order valence-corrected chi connectivity index (χ2v) is 6.13. The van der Waals surface area contributed by atoms with E-state index in [-0.39, 0.29) is 0 Å². The largest absolute Gasteiger partial charge is 0.479 e. The molecule has 110 valence electrons. The Morgan fingerprint density at radius 3 is 2.05 bits per heavy atom. The summed E-state index contributed by atoms with van der Waals surface area (Å²) in [5, 5.41) is 12.0. The van der Waals surface area contributed by atoms with Crippen LogP contribution in [0.1, 0.15) is 33.3 Å². The van der Waals surface area contributed by atoms with E-state index in [0.717, 1.165) is 0 Å². The minimum atomic E-state index is -1.50. The first-order chi connectivity index (χ1) is 9.09. The van der Waals surface area contributed by atoms with Crippen LogP contribution in [0.5, 0.6) is 0 Å². The first-order valence-electron chi connectivity index (χ1n) is 6.45. The summed E-state index contributed by atoms with van der Waals surface area (Å²) in [6, 6.07) is 7.78. The van der Waals surface area contributed by atoms with Crippen LogP contribution < -0.4 is 11.1 Å². The second kappa shape index (κ2) is 5.63. The molecule has 0 fully saturated rings. The zero-order chi connectivity index (χ0) is 15.6. The Bertz CT molecular complexity index is 494. The molecule has 0 saturated carbocycles. The maximum absolute atomic E-state index is 12.2. The number of carbonyl (C=O) groups is 2. The number of rotatable bonds is 4. The molecule has 1 unspecified atom stereocenters. The van der Waals surface area contributed by atoms with Crippen LogP contribution in [0.4, 0.5) is 0 Å². The number of carboxylic acid groups (broad SMARTS) is 1. The van der Waals surface area contributed by atoms with Gasteiger partial charge in [-0.3, -0.25) is 4.79 Å². The maximum atomic E-state index is 12.2. The van der Waals surface area contributed by atoms with E-state index in [1.54, 1.807) is 30.3 Å². The quantitative estimate of drug-likeness (QED) is 0.777. The lowest BCUT2D eigenvalue weighted by atomic mass is 9.85. The number of aliphatic carboxylic acids is 1. The van der Waals surface area contributed by atoms with Gasteiger partial charge in [-0.25, -0.2) is 4.79 Å². The summed E-state index contributed by atoms with van der Waals surface area (Å²) < 4.78 is 0. The summed E-state index contributed by atoms with van der Waals surface area (Å²) in [5.74, 6) is -1.61. The Kier molecular flexibility index (Phi) is 4.55. The van der Waals surface area contributed by atoms with Crippen LogP contribution in [-0.4, -0.2) is 23.0 Å². The average Bonchev–Trinajstić information content (AvgIpc) is 2.37. The molecule has 2 atom stereocenters. The van der Waals surface area contributed by atoms with E-state index in [2.05, 4.69) is 5.32 Å². The lowest BCUT2D eigenvalue weighted by Crippen LogP contribution is -2.57. The minimum absolute atomic E-state index is 0.444. The molecule has 5 heteroatoms. The summed E-state index contributed by atoms with van der Waals surface area (Å²) in [7, 11) is 0. The number of hydrogen-bond acceptors (Lipinski definition) is 3. The molecule has 0 heterocycles. The van der Waals surface area contributed by atoms with E-state index >= 15 is 0 Å². The molecular formula is C15H22N2O3. The fraction of sp³-hybridized carbons (Fsp3) is 0.467. The van der Waals surface area contributed by atoms with Gasteiger partial charge in [0.05, 0.1) is 6.04 Å². The lowest BCUT2D eigenvalue weighted by Gasteiger charge is -2.32. The monoisotopic (exact) mass is 278 g/mol. The number of amides is 1. The van der Waals surface area contributed by atoms with Crippen molar-refractivity contribution >= 4 is 11.9 Å². The van der Waals surface area contributed by atoms with E-state index in [0.29, 0.717) is 5.56 Å². The Hall–Kier alpha value is -1.88. The summed E-state index contributed by atoms with van der Waals surface area (Å²) in [4.78, 5) is 23.8. The number of hydrogen-bond donors (Lipinski definition) is 3. The predicted molar refractivity (Wildman–Crippen MR) is 77.0 cm³/mol. The zero-order valence-electron chi connectivity index (χ0n) is 12.3. The number of benzene rings is 1. The van der Waals surface area contributed by atoms with Gasteiger partial charge in [0, 0.05) is 0 Å². The third-order valence-corrected chi connectivity index (χ3v) is 3.37. The van der Waals surface area contributed by atoms with Gasteiger partial charge >= 0.3 is 5.97 Å². The molecule has 0 aliphatic heterocycles. The predicted octanol–water partition coefficient (Wildman–Crippen LogP) is 1.48. The molecule has 1 amide bonds. The molecule has 1 rings (SSSR count). The van der Waals surface area contributed by atoms with Crippen molar-refractivity contribution in [2.24, 2.45) is 11.1 Å². The van der Waals surface area contributed by atoms with Gasteiger partial charge in [-0.1, -0.05) is 51.1 Å². The molecule has 0 aliphatic carbocycles. The third-order valence-electron chi connectivity index (χ3n) is 3.37. The molecule has 0 aromatic heterocycles. The minimum Gasteiger partial charge on any atom is -0.479 e. The average molecular weight is 278 g/mol. The Balaban J connectivity index is 3.06. The highest BCUT2D eigenvalue weighted by Gasteiger charge is 2.39. The molecule has 0 spiro atoms. The number of carbonyl (C=O) groups excluding carboxylic acids is 1. The molecule has 0 bridgehead atoms. The summed E-state index contributed by atoms with van der Waals surface area (Å²) >= 11 is 0. The summed E-state index contributed by atoms with van der Waals surface area (Å²) in [6.45, 7) is 6.95. The fourth-order valence-corrected chi connectivity index (χ4v) is 1.74. The van der Waals surface area contributed by atoms with E-state index in [1.165, 1.54) is 6.92 Å². The van der Waals surface area contributed by atoms with Gasteiger partial charge in [0.2, 0.25) is 5.91 Å². The van der Waals surface area contributed by atoms with E-state index in [4.69, 9.17) is 5.73 Å². The van der Waals surface area contributed by atoms with E-state index in [1.807, 2.05) is 20.8 Å². The molecule has 20 heavy (non-hydrogen) atoms. The van der Waals surface area contributed by atoms with Gasteiger partial charge in [0.1, 0.15) is 0 Å². The molecule has 0 radical (unpaired) electrons. The van der Waals surface area contributed by atoms with Gasteiger partial charge in [-0.15, -0.1) is 0 Å². The van der Waals surface area contributed by atoms with Crippen LogP contribution in [-0.2, 0) is 15.1 Å². The van der Waals surface area contributed by atoms with Crippen LogP contribution in [0.15, 0.2) is 30.3 Å². The third kappa shape index (κ3) is 3.36. The van der Waals surface area contributed by atoms with Crippen molar-refractivity contribution in [3.05, 3.63) is 35.9 Å². The molecule has 0 aliphatic rings. The van der Waals surface area contributed by atoms with Crippen LogP contribution in [0.3, 0.4) is 0 Å². The number of carboxylic acids is 1. The zero-order valence-corrected chi connectivity index (χ0v) is 12.3. The molecule has 5 nitrogen and oxygen atoms in total. The molecule has 0 saturated heterocycles. The van der Waals surface area contributed by atoms with Crippen molar-refractivity contribution in [1.82, 2.24) is 5.32 Å². The van der Waals surface area contributed by atoms with Gasteiger partial charge in [0.25, 0.3) is 0 Å². The number of nitrogens with one attached hydrogen (secondary N) is 1. The van der Waals surface area contributed by atoms with Crippen molar-refractivity contribution in [3.8, 4) is 0 Å². The van der Waals surface area contributed by atoms with Crippen molar-refractivity contribution in [1.29, 1.82) is 0 Å². The SMILES string of the molecule is CC(NC(=O)[C@H](N)C(C)(C)C)(C(=O)O)c1ccccc1. The fourth-order valence-electron chi connectivity index (χ4n) is 1.74. The Morgan fingerprint density at radius 1 is 1.15 bits per heavy atom. The van der Waals surface area contributed by atoms with Crippen molar-refractivity contribution in [2.45, 2.75) is 39.3 Å². The Labute approximate surface area is 119 Å². The highest BCUT2D eigenvalue weighted by molar-refractivity contribution is 5.90. The first-order valence-corrected chi connectivity index (χ1v) is 6.45. The van der Waals surface area contributed by atoms with Gasteiger partial charge in [-0.05, 0) is 17.9 Å². The van der Waals surface area contributed by atoms with Crippen LogP contribution in [0.25, 0.3) is 0 Å². The second-order valence-electron chi connectivity index (χ2n) is 6.13. The normalized spacial score (nSPS) is 16.1. The van der Waals surface area contributed by atoms with Crippen LogP contribution in [0, 0.1) is 5.41 Å². The molecular weight excluding hydrogens is 256 g/mol. The van der Waals surface area contributed by atoms with Crippen molar-refractivity contribution in [3.63, 3.8) is 0 Å². The summed E-state index contributed by atoms with van der Waals surface area (Å²) in [5.41, 5.74) is 4.43. The van der Waals surface area contributed by atoms with Crippen molar-refractivity contribution in [2.75, 3.05) is 0 Å². The lowest BCUT2D eigenvalue weighted by molar-refractivity contribution is -0.148. The maximum Gasteiger partial charge on any atom is 0.333 e. The molecule has 1 aromatic rings. The van der Waals surface area contributed by atoms with Gasteiger partial charge in [-0.2, -0.15) is 0 Å².